The Bertz CT molecular complexity index is 507. The predicted octanol–water partition coefficient (Wildman–Crippen LogP) is 0.621. The minimum atomic E-state index is -3.62. The number of carboxylic acid groups (broad SMARTS) is 1. The minimum Gasteiger partial charge on any atom is -0.481 e. The van der Waals surface area contributed by atoms with Crippen molar-refractivity contribution in [2.24, 2.45) is 11.8 Å². The molecule has 94 valence electrons. The van der Waals surface area contributed by atoms with Crippen LogP contribution in [0.15, 0.2) is 27.9 Å². The fourth-order valence-corrected chi connectivity index (χ4v) is 3.48. The molecular formula is C10H13NO5S. The van der Waals surface area contributed by atoms with Crippen LogP contribution >= 0.6 is 0 Å². The maximum absolute atomic E-state index is 12.1. The molecule has 17 heavy (non-hydrogen) atoms. The molecule has 2 atom stereocenters. The Morgan fingerprint density at radius 1 is 1.53 bits per heavy atom. The van der Waals surface area contributed by atoms with E-state index in [0.717, 1.165) is 6.26 Å². The van der Waals surface area contributed by atoms with Crippen LogP contribution in [0, 0.1) is 11.8 Å². The fraction of sp³-hybridized carbons (Fsp3) is 0.500. The Morgan fingerprint density at radius 2 is 2.24 bits per heavy atom. The average Bonchev–Trinajstić information content (AvgIpc) is 2.84. The van der Waals surface area contributed by atoms with Crippen LogP contribution in [0.25, 0.3) is 0 Å². The van der Waals surface area contributed by atoms with Crippen LogP contribution in [0.1, 0.15) is 6.92 Å². The molecule has 6 nitrogen and oxygen atoms in total. The highest BCUT2D eigenvalue weighted by atomic mass is 32.2. The van der Waals surface area contributed by atoms with E-state index in [4.69, 9.17) is 9.52 Å². The van der Waals surface area contributed by atoms with Crippen LogP contribution in [-0.4, -0.2) is 36.9 Å². The highest BCUT2D eigenvalue weighted by Gasteiger charge is 2.40. The molecule has 1 aromatic rings. The maximum Gasteiger partial charge on any atom is 0.308 e. The average molecular weight is 259 g/mol. The highest BCUT2D eigenvalue weighted by Crippen LogP contribution is 2.28. The van der Waals surface area contributed by atoms with Crippen molar-refractivity contribution in [3.05, 3.63) is 18.6 Å². The zero-order valence-corrected chi connectivity index (χ0v) is 10.1. The van der Waals surface area contributed by atoms with Crippen molar-refractivity contribution in [1.29, 1.82) is 0 Å². The van der Waals surface area contributed by atoms with E-state index in [-0.39, 0.29) is 23.9 Å². The van der Waals surface area contributed by atoms with Gasteiger partial charge in [0.15, 0.2) is 0 Å². The van der Waals surface area contributed by atoms with Gasteiger partial charge in [-0.15, -0.1) is 0 Å². The second kappa shape index (κ2) is 4.15. The lowest BCUT2D eigenvalue weighted by Gasteiger charge is -2.14. The molecule has 1 aliphatic heterocycles. The first-order valence-electron chi connectivity index (χ1n) is 5.18. The maximum atomic E-state index is 12.1. The quantitative estimate of drug-likeness (QED) is 0.859. The summed E-state index contributed by atoms with van der Waals surface area (Å²) in [5, 5.41) is 8.96. The number of hydrogen-bond donors (Lipinski definition) is 1. The van der Waals surface area contributed by atoms with Gasteiger partial charge in [-0.2, -0.15) is 4.31 Å². The van der Waals surface area contributed by atoms with Gasteiger partial charge in [0.05, 0.1) is 12.2 Å². The van der Waals surface area contributed by atoms with Crippen molar-refractivity contribution in [3.63, 3.8) is 0 Å². The number of sulfonamides is 1. The van der Waals surface area contributed by atoms with Crippen LogP contribution in [-0.2, 0) is 14.8 Å². The van der Waals surface area contributed by atoms with Gasteiger partial charge in [-0.25, -0.2) is 8.42 Å². The molecule has 0 radical (unpaired) electrons. The summed E-state index contributed by atoms with van der Waals surface area (Å²) in [5.74, 6) is -1.78. The zero-order valence-electron chi connectivity index (χ0n) is 9.24. The molecule has 1 fully saturated rings. The van der Waals surface area contributed by atoms with Crippen molar-refractivity contribution in [1.82, 2.24) is 4.31 Å². The highest BCUT2D eigenvalue weighted by molar-refractivity contribution is 7.89. The van der Waals surface area contributed by atoms with E-state index in [2.05, 4.69) is 0 Å². The van der Waals surface area contributed by atoms with Crippen LogP contribution in [0.2, 0.25) is 0 Å². The van der Waals surface area contributed by atoms with E-state index in [1.807, 2.05) is 0 Å². The number of furan rings is 1. The number of carbonyl (C=O) groups is 1. The summed E-state index contributed by atoms with van der Waals surface area (Å²) in [4.78, 5) is 11.0. The molecule has 2 rings (SSSR count). The SMILES string of the molecule is C[C@@H]1CN(S(=O)(=O)c2ccoc2)C[C@H]1C(=O)O. The van der Waals surface area contributed by atoms with Crippen LogP contribution < -0.4 is 0 Å². The van der Waals surface area contributed by atoms with Crippen LogP contribution in [0.5, 0.6) is 0 Å². The summed E-state index contributed by atoms with van der Waals surface area (Å²) >= 11 is 0. The Balaban J connectivity index is 2.24. The van der Waals surface area contributed by atoms with Gasteiger partial charge in [0, 0.05) is 13.1 Å². The van der Waals surface area contributed by atoms with Crippen molar-refractivity contribution >= 4 is 16.0 Å². The third-order valence-electron chi connectivity index (χ3n) is 3.03. The molecule has 0 spiro atoms. The molecule has 1 aliphatic rings. The first-order chi connectivity index (χ1) is 7.93. The van der Waals surface area contributed by atoms with E-state index < -0.39 is 21.9 Å². The summed E-state index contributed by atoms with van der Waals surface area (Å²) in [6.45, 7) is 1.98. The summed E-state index contributed by atoms with van der Waals surface area (Å²) in [6, 6.07) is 1.36. The lowest BCUT2D eigenvalue weighted by molar-refractivity contribution is -0.142. The molecule has 7 heteroatoms. The van der Waals surface area contributed by atoms with Gasteiger partial charge in [0.1, 0.15) is 11.2 Å². The Morgan fingerprint density at radius 3 is 2.71 bits per heavy atom. The molecule has 0 aromatic carbocycles. The van der Waals surface area contributed by atoms with Gasteiger partial charge in [0.2, 0.25) is 10.0 Å². The zero-order chi connectivity index (χ0) is 12.6. The van der Waals surface area contributed by atoms with Crippen molar-refractivity contribution < 1.29 is 22.7 Å². The Hall–Kier alpha value is -1.34. The summed E-state index contributed by atoms with van der Waals surface area (Å²) in [6.07, 6.45) is 2.43. The van der Waals surface area contributed by atoms with Gasteiger partial charge < -0.3 is 9.52 Å². The molecule has 1 aromatic heterocycles. The minimum absolute atomic E-state index is 0.0179. The second-order valence-corrected chi connectivity index (χ2v) is 6.14. The van der Waals surface area contributed by atoms with E-state index in [9.17, 15) is 13.2 Å². The van der Waals surface area contributed by atoms with Crippen molar-refractivity contribution in [2.45, 2.75) is 11.8 Å². The third-order valence-corrected chi connectivity index (χ3v) is 4.83. The van der Waals surface area contributed by atoms with Crippen molar-refractivity contribution in [2.75, 3.05) is 13.1 Å². The van der Waals surface area contributed by atoms with Crippen molar-refractivity contribution in [3.8, 4) is 0 Å². The second-order valence-electron chi connectivity index (χ2n) is 4.20. The summed E-state index contributed by atoms with van der Waals surface area (Å²) in [7, 11) is -3.62. The molecule has 0 bridgehead atoms. The smallest absolute Gasteiger partial charge is 0.308 e. The van der Waals surface area contributed by atoms with E-state index in [1.54, 1.807) is 6.92 Å². The molecule has 2 heterocycles. The largest absolute Gasteiger partial charge is 0.481 e. The Kier molecular flexibility index (Phi) is 2.96. The Labute approximate surface area is 98.9 Å². The van der Waals surface area contributed by atoms with E-state index >= 15 is 0 Å². The summed E-state index contributed by atoms with van der Waals surface area (Å²) < 4.78 is 30.1. The molecule has 1 saturated heterocycles. The molecule has 0 amide bonds. The molecule has 0 saturated carbocycles. The van der Waals surface area contributed by atoms with Gasteiger partial charge >= 0.3 is 5.97 Å². The number of rotatable bonds is 3. The first kappa shape index (κ1) is 12.1. The normalized spacial score (nSPS) is 26.2. The fourth-order valence-electron chi connectivity index (χ4n) is 1.99. The number of nitrogens with zero attached hydrogens (tertiary/aromatic N) is 1. The summed E-state index contributed by atoms with van der Waals surface area (Å²) in [5.41, 5.74) is 0. The molecule has 0 unspecified atom stereocenters. The molecule has 1 N–H and O–H groups in total. The van der Waals surface area contributed by atoms with Crippen LogP contribution in [0.4, 0.5) is 0 Å². The number of carboxylic acids is 1. The number of aliphatic carboxylic acids is 1. The monoisotopic (exact) mass is 259 g/mol. The first-order valence-corrected chi connectivity index (χ1v) is 6.62. The third kappa shape index (κ3) is 2.07. The van der Waals surface area contributed by atoms with E-state index in [1.165, 1.54) is 16.6 Å². The topological polar surface area (TPSA) is 87.8 Å². The van der Waals surface area contributed by atoms with Gasteiger partial charge in [-0.05, 0) is 12.0 Å². The van der Waals surface area contributed by atoms with Crippen LogP contribution in [0.3, 0.4) is 0 Å². The lowest BCUT2D eigenvalue weighted by Crippen LogP contribution is -2.29. The standard InChI is InChI=1S/C10H13NO5S/c1-7-4-11(5-9(7)10(12)13)17(14,15)8-2-3-16-6-8/h2-3,6-7,9H,4-5H2,1H3,(H,12,13)/t7-,9-/m1/s1. The molecule has 0 aliphatic carbocycles. The lowest BCUT2D eigenvalue weighted by atomic mass is 9.99. The van der Waals surface area contributed by atoms with Gasteiger partial charge in [0.25, 0.3) is 0 Å². The predicted molar refractivity (Wildman–Crippen MR) is 57.8 cm³/mol. The van der Waals surface area contributed by atoms with Gasteiger partial charge in [-0.1, -0.05) is 6.92 Å². The van der Waals surface area contributed by atoms with E-state index in [0.29, 0.717) is 0 Å². The molecular weight excluding hydrogens is 246 g/mol. The van der Waals surface area contributed by atoms with Gasteiger partial charge in [-0.3, -0.25) is 4.79 Å². The number of hydrogen-bond acceptors (Lipinski definition) is 4.